The Balaban J connectivity index is 1.01. The maximum Gasteiger partial charge on any atom is 0.324 e. The quantitative estimate of drug-likeness (QED) is 0.487. The van der Waals surface area contributed by atoms with Crippen LogP contribution in [0.3, 0.4) is 0 Å². The molecule has 3 aliphatic rings. The number of aromatic nitrogens is 2. The van der Waals surface area contributed by atoms with E-state index in [1.165, 1.54) is 12.5 Å². The number of carbonyl (C=O) groups is 1. The van der Waals surface area contributed by atoms with Gasteiger partial charge in [0.25, 0.3) is 0 Å². The summed E-state index contributed by atoms with van der Waals surface area (Å²) < 4.78 is 31.0. The zero-order valence-electron chi connectivity index (χ0n) is 21.5. The summed E-state index contributed by atoms with van der Waals surface area (Å²) in [4.78, 5) is 20.7. The lowest BCUT2D eigenvalue weighted by atomic mass is 9.90. The van der Waals surface area contributed by atoms with E-state index in [-0.39, 0.29) is 30.2 Å². The van der Waals surface area contributed by atoms with E-state index in [9.17, 15) is 9.18 Å². The van der Waals surface area contributed by atoms with Gasteiger partial charge in [-0.05, 0) is 55.1 Å². The topological polar surface area (TPSA) is 80.9 Å². The van der Waals surface area contributed by atoms with E-state index >= 15 is 0 Å². The lowest BCUT2D eigenvalue weighted by Crippen LogP contribution is -2.54. The molecule has 9 heteroatoms. The van der Waals surface area contributed by atoms with Gasteiger partial charge in [-0.3, -0.25) is 4.79 Å². The maximum absolute atomic E-state index is 14.5. The van der Waals surface area contributed by atoms with E-state index < -0.39 is 0 Å². The van der Waals surface area contributed by atoms with Crippen LogP contribution in [0.5, 0.6) is 5.75 Å². The summed E-state index contributed by atoms with van der Waals surface area (Å²) in [6.07, 6.45) is 4.71. The second-order valence-electron chi connectivity index (χ2n) is 10.8. The third kappa shape index (κ3) is 5.66. The van der Waals surface area contributed by atoms with Gasteiger partial charge in [0.2, 0.25) is 5.91 Å². The molecule has 3 fully saturated rings. The van der Waals surface area contributed by atoms with Gasteiger partial charge in [0.15, 0.2) is 5.82 Å². The number of anilines is 1. The van der Waals surface area contributed by atoms with E-state index in [1.807, 2.05) is 0 Å². The molecular formula is C27H37FN4O4. The largest absolute Gasteiger partial charge is 0.493 e. The smallest absolute Gasteiger partial charge is 0.324 e. The molecule has 1 aromatic heterocycles. The minimum Gasteiger partial charge on any atom is -0.493 e. The van der Waals surface area contributed by atoms with Gasteiger partial charge in [-0.15, -0.1) is 0 Å². The van der Waals surface area contributed by atoms with E-state index in [0.717, 1.165) is 50.0 Å². The number of ether oxygens (including phenoxy) is 2. The molecule has 1 amide bonds. The average molecular weight is 501 g/mol. The summed E-state index contributed by atoms with van der Waals surface area (Å²) in [5, 5.41) is 4.08. The van der Waals surface area contributed by atoms with Gasteiger partial charge in [-0.1, -0.05) is 25.1 Å². The number of halogens is 1. The second kappa shape index (κ2) is 10.7. The fourth-order valence-corrected chi connectivity index (χ4v) is 5.44. The summed E-state index contributed by atoms with van der Waals surface area (Å²) in [6.45, 7) is 7.81. The minimum atomic E-state index is -0.387. The molecule has 3 heterocycles. The van der Waals surface area contributed by atoms with Crippen molar-refractivity contribution >= 4 is 11.9 Å². The van der Waals surface area contributed by atoms with Crippen LogP contribution >= 0.6 is 0 Å². The monoisotopic (exact) mass is 500 g/mol. The summed E-state index contributed by atoms with van der Waals surface area (Å²) in [6, 6.07) is 5.49. The van der Waals surface area contributed by atoms with Crippen LogP contribution in [0.15, 0.2) is 22.7 Å². The van der Waals surface area contributed by atoms with Crippen molar-refractivity contribution in [1.29, 1.82) is 0 Å². The molecule has 0 N–H and O–H groups in total. The molecule has 2 saturated heterocycles. The number of hydrogen-bond donors (Lipinski definition) is 0. The predicted molar refractivity (Wildman–Crippen MR) is 133 cm³/mol. The molecule has 36 heavy (non-hydrogen) atoms. The molecule has 1 saturated carbocycles. The van der Waals surface area contributed by atoms with Crippen molar-refractivity contribution in [1.82, 2.24) is 15.0 Å². The molecule has 2 aliphatic heterocycles. The molecule has 0 bridgehead atoms. The first kappa shape index (κ1) is 25.0. The van der Waals surface area contributed by atoms with Crippen LogP contribution in [0, 0.1) is 23.6 Å². The normalized spacial score (nSPS) is 22.7. The Hall–Kier alpha value is -2.68. The van der Waals surface area contributed by atoms with Gasteiger partial charge in [0.1, 0.15) is 11.6 Å². The molecule has 2 aromatic rings. The van der Waals surface area contributed by atoms with Crippen molar-refractivity contribution < 1.29 is 23.2 Å². The number of hydrogen-bond acceptors (Lipinski definition) is 7. The molecule has 196 valence electrons. The van der Waals surface area contributed by atoms with Gasteiger partial charge in [-0.25, -0.2) is 4.39 Å². The standard InChI is InChI=1S/C27H37FN4O4/c1-17(2)26-29-27(36-30-26)31-9-6-18(7-10-31)23-12-19(23)8-11-35-21-5-4-20(24(28)14-21)13-25(33)32-15-22(16-32)34-3/h4-5,14,17-19,22-23H,6-13,15-16H2,1-3H3/t19-,23-/m1/s1. The number of nitrogens with zero attached hydrogens (tertiary/aromatic N) is 4. The van der Waals surface area contributed by atoms with Crippen molar-refractivity contribution in [3.63, 3.8) is 0 Å². The predicted octanol–water partition coefficient (Wildman–Crippen LogP) is 4.05. The average Bonchev–Trinajstić information content (AvgIpc) is 3.42. The van der Waals surface area contributed by atoms with Crippen LogP contribution in [0.25, 0.3) is 0 Å². The number of methoxy groups -OCH3 is 1. The van der Waals surface area contributed by atoms with E-state index in [4.69, 9.17) is 14.0 Å². The molecule has 2 atom stereocenters. The first-order chi connectivity index (χ1) is 17.4. The molecular weight excluding hydrogens is 463 g/mol. The molecule has 1 aromatic carbocycles. The zero-order valence-corrected chi connectivity index (χ0v) is 21.5. The minimum absolute atomic E-state index is 0.0660. The van der Waals surface area contributed by atoms with E-state index in [2.05, 4.69) is 28.9 Å². The Kier molecular flexibility index (Phi) is 7.46. The van der Waals surface area contributed by atoms with Crippen LogP contribution in [0.4, 0.5) is 10.4 Å². The number of amides is 1. The third-order valence-corrected chi connectivity index (χ3v) is 8.00. The highest BCUT2D eigenvalue weighted by atomic mass is 19.1. The van der Waals surface area contributed by atoms with Crippen molar-refractivity contribution in [2.45, 2.75) is 58.0 Å². The fourth-order valence-electron chi connectivity index (χ4n) is 5.44. The molecule has 0 unspecified atom stereocenters. The maximum atomic E-state index is 14.5. The third-order valence-electron chi connectivity index (χ3n) is 8.00. The number of benzene rings is 1. The highest BCUT2D eigenvalue weighted by molar-refractivity contribution is 5.79. The van der Waals surface area contributed by atoms with Gasteiger partial charge in [-0.2, -0.15) is 4.98 Å². The van der Waals surface area contributed by atoms with Crippen molar-refractivity contribution in [3.05, 3.63) is 35.4 Å². The van der Waals surface area contributed by atoms with Crippen LogP contribution in [0.1, 0.15) is 56.8 Å². The summed E-state index contributed by atoms with van der Waals surface area (Å²) in [5.41, 5.74) is 0.405. The summed E-state index contributed by atoms with van der Waals surface area (Å²) in [5.74, 6) is 3.29. The lowest BCUT2D eigenvalue weighted by molar-refractivity contribution is -0.142. The Morgan fingerprint density at radius 2 is 2.03 bits per heavy atom. The molecule has 0 radical (unpaired) electrons. The van der Waals surface area contributed by atoms with Crippen molar-refractivity contribution in [3.8, 4) is 5.75 Å². The van der Waals surface area contributed by atoms with E-state index in [0.29, 0.717) is 42.9 Å². The fraction of sp³-hybridized carbons (Fsp3) is 0.667. The zero-order chi connectivity index (χ0) is 25.2. The molecule has 8 nitrogen and oxygen atoms in total. The molecule has 1 aliphatic carbocycles. The van der Waals surface area contributed by atoms with Crippen LogP contribution in [0.2, 0.25) is 0 Å². The van der Waals surface area contributed by atoms with Gasteiger partial charge in [0, 0.05) is 45.3 Å². The van der Waals surface area contributed by atoms with Crippen LogP contribution < -0.4 is 9.64 Å². The highest BCUT2D eigenvalue weighted by Crippen LogP contribution is 2.50. The molecule has 0 spiro atoms. The Labute approximate surface area is 212 Å². The first-order valence-electron chi connectivity index (χ1n) is 13.2. The Morgan fingerprint density at radius 1 is 1.25 bits per heavy atom. The summed E-state index contributed by atoms with van der Waals surface area (Å²) in [7, 11) is 1.64. The molecule has 5 rings (SSSR count). The highest BCUT2D eigenvalue weighted by Gasteiger charge is 2.43. The second-order valence-corrected chi connectivity index (χ2v) is 10.8. The van der Waals surface area contributed by atoms with Crippen LogP contribution in [-0.2, 0) is 16.0 Å². The Bertz CT molecular complexity index is 1050. The van der Waals surface area contributed by atoms with Crippen LogP contribution in [-0.4, -0.2) is 66.9 Å². The van der Waals surface area contributed by atoms with E-state index in [1.54, 1.807) is 24.1 Å². The van der Waals surface area contributed by atoms with Gasteiger partial charge >= 0.3 is 6.01 Å². The van der Waals surface area contributed by atoms with Crippen molar-refractivity contribution in [2.75, 3.05) is 44.8 Å². The Morgan fingerprint density at radius 3 is 2.69 bits per heavy atom. The summed E-state index contributed by atoms with van der Waals surface area (Å²) >= 11 is 0. The number of likely N-dealkylation sites (tertiary alicyclic amines) is 1. The number of carbonyl (C=O) groups excluding carboxylic acids is 1. The first-order valence-corrected chi connectivity index (χ1v) is 13.2. The lowest BCUT2D eigenvalue weighted by Gasteiger charge is -2.38. The van der Waals surface area contributed by atoms with Crippen molar-refractivity contribution in [2.24, 2.45) is 17.8 Å². The van der Waals surface area contributed by atoms with Gasteiger partial charge in [0.05, 0.1) is 19.1 Å². The SMILES string of the molecule is COC1CN(C(=O)Cc2ccc(OCC[C@@H]3C[C@@H]3C3CCN(c4nc(C(C)C)no4)CC3)cc2F)C1. The van der Waals surface area contributed by atoms with Gasteiger partial charge < -0.3 is 23.8 Å². The number of rotatable bonds is 10. The number of piperidine rings is 1.